The van der Waals surface area contributed by atoms with Crippen LogP contribution in [0.2, 0.25) is 0 Å². The molecule has 0 radical (unpaired) electrons. The lowest BCUT2D eigenvalue weighted by Gasteiger charge is -2.24. The molecule has 0 aromatic heterocycles. The van der Waals surface area contributed by atoms with Gasteiger partial charge in [0.1, 0.15) is 19.8 Å². The summed E-state index contributed by atoms with van der Waals surface area (Å²) in [7, 11) is 1.50. The maximum Gasteiger partial charge on any atom is 0.472 e. The molecule has 0 heterocycles. The number of nitrogens with zero attached hydrogens (tertiary/aromatic N) is 1. The van der Waals surface area contributed by atoms with Crippen LogP contribution in [0.15, 0.2) is 0 Å². The molecule has 9 nitrogen and oxygen atoms in total. The number of phosphoric acid groups is 1. The zero-order valence-corrected chi connectivity index (χ0v) is 44.2. The zero-order chi connectivity index (χ0) is 47.1. The first kappa shape index (κ1) is 63.0. The van der Waals surface area contributed by atoms with Gasteiger partial charge in [0.05, 0.1) is 27.7 Å². The van der Waals surface area contributed by atoms with E-state index in [2.05, 4.69) is 13.8 Å². The van der Waals surface area contributed by atoms with Crippen LogP contribution in [0.1, 0.15) is 284 Å². The number of unbranched alkanes of at least 4 members (excludes halogenated alkanes) is 38. The van der Waals surface area contributed by atoms with Crippen molar-refractivity contribution in [3.63, 3.8) is 0 Å². The van der Waals surface area contributed by atoms with Gasteiger partial charge in [0, 0.05) is 12.8 Å². The van der Waals surface area contributed by atoms with Crippen molar-refractivity contribution in [1.82, 2.24) is 0 Å². The van der Waals surface area contributed by atoms with E-state index in [1.165, 1.54) is 218 Å². The van der Waals surface area contributed by atoms with Gasteiger partial charge in [-0.2, -0.15) is 0 Å². The van der Waals surface area contributed by atoms with E-state index in [1.54, 1.807) is 0 Å². The maximum atomic E-state index is 12.8. The summed E-state index contributed by atoms with van der Waals surface area (Å²) in [5.41, 5.74) is 0. The summed E-state index contributed by atoms with van der Waals surface area (Å²) in [5.74, 6) is -0.781. The lowest BCUT2D eigenvalue weighted by atomic mass is 10.0. The standard InChI is InChI=1S/C54H108NO8P/c1-6-8-10-12-14-16-18-19-20-21-22-23-24-25-26-27-28-29-30-31-32-33-34-35-36-37-39-41-43-45-47-54(57)63-52(51-62-64(58,59)61-49-48-55(3,4)5)50-60-53(56)46-44-42-40-38-17-15-13-11-9-7-2/h52H,6-51H2,1-5H3/p+1. The van der Waals surface area contributed by atoms with Gasteiger partial charge in [-0.25, -0.2) is 4.57 Å². The van der Waals surface area contributed by atoms with Gasteiger partial charge < -0.3 is 18.9 Å². The first-order valence-electron chi connectivity index (χ1n) is 27.8. The van der Waals surface area contributed by atoms with Crippen LogP contribution in [0.4, 0.5) is 0 Å². The molecule has 2 atom stereocenters. The summed E-state index contributed by atoms with van der Waals surface area (Å²) < 4.78 is 34.4. The Morgan fingerprint density at radius 3 is 1.00 bits per heavy atom. The van der Waals surface area contributed by atoms with Crippen LogP contribution in [0.25, 0.3) is 0 Å². The van der Waals surface area contributed by atoms with Crippen LogP contribution in [-0.2, 0) is 32.7 Å². The second-order valence-electron chi connectivity index (χ2n) is 20.3. The Kier molecular flexibility index (Phi) is 46.4. The second kappa shape index (κ2) is 47.1. The number of esters is 2. The quantitative estimate of drug-likeness (QED) is 0.0278. The average molecular weight is 931 g/mol. The molecule has 10 heteroatoms. The summed E-state index contributed by atoms with van der Waals surface area (Å²) in [6.07, 6.45) is 51.9. The molecule has 1 N–H and O–H groups in total. The molecule has 0 rings (SSSR count). The molecule has 0 saturated carbocycles. The van der Waals surface area contributed by atoms with Crippen LogP contribution < -0.4 is 0 Å². The number of quaternary nitrogens is 1. The molecule has 0 spiro atoms. The first-order valence-corrected chi connectivity index (χ1v) is 29.3. The molecule has 64 heavy (non-hydrogen) atoms. The van der Waals surface area contributed by atoms with E-state index < -0.39 is 26.5 Å². The number of ether oxygens (including phenoxy) is 2. The van der Waals surface area contributed by atoms with Crippen LogP contribution in [0.5, 0.6) is 0 Å². The molecule has 0 aliphatic heterocycles. The van der Waals surface area contributed by atoms with Crippen molar-refractivity contribution in [3.8, 4) is 0 Å². The van der Waals surface area contributed by atoms with Crippen molar-refractivity contribution >= 4 is 19.8 Å². The molecule has 0 bridgehead atoms. The van der Waals surface area contributed by atoms with Crippen molar-refractivity contribution in [2.24, 2.45) is 0 Å². The van der Waals surface area contributed by atoms with Crippen LogP contribution in [0, 0.1) is 0 Å². The lowest BCUT2D eigenvalue weighted by Crippen LogP contribution is -2.37. The summed E-state index contributed by atoms with van der Waals surface area (Å²) in [4.78, 5) is 35.4. The third-order valence-corrected chi connectivity index (χ3v) is 13.6. The van der Waals surface area contributed by atoms with Crippen LogP contribution in [0.3, 0.4) is 0 Å². The summed E-state index contributed by atoms with van der Waals surface area (Å²) in [6, 6.07) is 0. The summed E-state index contributed by atoms with van der Waals surface area (Å²) >= 11 is 0. The molecule has 0 aliphatic rings. The highest BCUT2D eigenvalue weighted by molar-refractivity contribution is 7.47. The molecule has 0 fully saturated rings. The second-order valence-corrected chi connectivity index (χ2v) is 21.8. The number of phosphoric ester groups is 1. The Hall–Kier alpha value is -0.990. The van der Waals surface area contributed by atoms with Gasteiger partial charge in [-0.1, -0.05) is 258 Å². The van der Waals surface area contributed by atoms with Gasteiger partial charge in [-0.05, 0) is 12.8 Å². The smallest absolute Gasteiger partial charge is 0.462 e. The Bertz CT molecular complexity index is 1050. The predicted molar refractivity (Wildman–Crippen MR) is 271 cm³/mol. The first-order chi connectivity index (χ1) is 31.0. The Morgan fingerprint density at radius 1 is 0.422 bits per heavy atom. The van der Waals surface area contributed by atoms with E-state index in [1.807, 2.05) is 21.1 Å². The third kappa shape index (κ3) is 50.4. The van der Waals surface area contributed by atoms with Crippen molar-refractivity contribution in [3.05, 3.63) is 0 Å². The van der Waals surface area contributed by atoms with Crippen molar-refractivity contribution < 1.29 is 42.1 Å². The Balaban J connectivity index is 3.95. The number of likely N-dealkylation sites (N-methyl/N-ethyl adjacent to an activating group) is 1. The minimum absolute atomic E-state index is 0.0370. The van der Waals surface area contributed by atoms with Crippen molar-refractivity contribution in [1.29, 1.82) is 0 Å². The molecule has 0 aromatic carbocycles. The van der Waals surface area contributed by atoms with Gasteiger partial charge in [0.25, 0.3) is 0 Å². The Morgan fingerprint density at radius 2 is 0.703 bits per heavy atom. The van der Waals surface area contributed by atoms with E-state index in [9.17, 15) is 19.0 Å². The number of hydrogen-bond acceptors (Lipinski definition) is 7. The predicted octanol–water partition coefficient (Wildman–Crippen LogP) is 16.7. The molecule has 382 valence electrons. The van der Waals surface area contributed by atoms with Gasteiger partial charge in [-0.15, -0.1) is 0 Å². The monoisotopic (exact) mass is 931 g/mol. The van der Waals surface area contributed by atoms with Crippen molar-refractivity contribution in [2.45, 2.75) is 290 Å². The molecule has 0 saturated heterocycles. The highest BCUT2D eigenvalue weighted by Crippen LogP contribution is 2.43. The Labute approximate surface area is 397 Å². The van der Waals surface area contributed by atoms with E-state index in [4.69, 9.17) is 18.5 Å². The van der Waals surface area contributed by atoms with E-state index in [0.29, 0.717) is 17.4 Å². The number of rotatable bonds is 52. The number of carbonyl (C=O) groups is 2. The summed E-state index contributed by atoms with van der Waals surface area (Å²) in [6.45, 7) is 4.47. The SMILES string of the molecule is CCCCCCCCCCCCCCCCCCCCCCCCCCCCCCCCC(=O)OC(COC(=O)CCCCCCCCCCCC)COP(=O)(O)OCC[N+](C)(C)C. The minimum atomic E-state index is -4.37. The molecular weight excluding hydrogens is 822 g/mol. The zero-order valence-electron chi connectivity index (χ0n) is 43.3. The molecule has 2 unspecified atom stereocenters. The third-order valence-electron chi connectivity index (χ3n) is 12.6. The van der Waals surface area contributed by atoms with E-state index >= 15 is 0 Å². The van der Waals surface area contributed by atoms with Gasteiger partial charge in [0.15, 0.2) is 6.10 Å². The van der Waals surface area contributed by atoms with Gasteiger partial charge in [-0.3, -0.25) is 18.6 Å². The molecule has 0 amide bonds. The van der Waals surface area contributed by atoms with Gasteiger partial charge in [0.2, 0.25) is 0 Å². The molecule has 0 aliphatic carbocycles. The number of hydrogen-bond donors (Lipinski definition) is 1. The normalized spacial score (nSPS) is 13.3. The minimum Gasteiger partial charge on any atom is -0.462 e. The largest absolute Gasteiger partial charge is 0.472 e. The summed E-state index contributed by atoms with van der Waals surface area (Å²) in [5, 5.41) is 0. The fourth-order valence-corrected chi connectivity index (χ4v) is 9.05. The maximum absolute atomic E-state index is 12.8. The average Bonchev–Trinajstić information content (AvgIpc) is 3.25. The highest BCUT2D eigenvalue weighted by Gasteiger charge is 2.27. The topological polar surface area (TPSA) is 108 Å². The molecular formula is C54H109NO8P+. The van der Waals surface area contributed by atoms with Gasteiger partial charge >= 0.3 is 19.8 Å². The van der Waals surface area contributed by atoms with Crippen LogP contribution >= 0.6 is 7.82 Å². The highest BCUT2D eigenvalue weighted by atomic mass is 31.2. The number of carbonyl (C=O) groups excluding carboxylic acids is 2. The van der Waals surface area contributed by atoms with E-state index in [-0.39, 0.29) is 25.6 Å². The fraction of sp³-hybridized carbons (Fsp3) is 0.963. The van der Waals surface area contributed by atoms with Crippen LogP contribution in [-0.4, -0.2) is 74.9 Å². The fourth-order valence-electron chi connectivity index (χ4n) is 8.31. The lowest BCUT2D eigenvalue weighted by molar-refractivity contribution is -0.870. The molecule has 0 aromatic rings. The van der Waals surface area contributed by atoms with E-state index in [0.717, 1.165) is 38.5 Å². The van der Waals surface area contributed by atoms with Crippen molar-refractivity contribution in [2.75, 3.05) is 47.5 Å².